The summed E-state index contributed by atoms with van der Waals surface area (Å²) in [5.41, 5.74) is -0.824. The number of furan rings is 1. The number of rotatable bonds is 2. The molecule has 1 amide bonds. The van der Waals surface area contributed by atoms with Crippen molar-refractivity contribution in [3.05, 3.63) is 52.9 Å². The number of alkyl halides is 3. The summed E-state index contributed by atoms with van der Waals surface area (Å²) in [7, 11) is 0. The van der Waals surface area contributed by atoms with Gasteiger partial charge in [-0.1, -0.05) is 6.07 Å². The van der Waals surface area contributed by atoms with E-state index in [-0.39, 0.29) is 16.7 Å². The molecule has 0 radical (unpaired) electrons. The van der Waals surface area contributed by atoms with Crippen molar-refractivity contribution in [2.24, 2.45) is 0 Å². The maximum atomic E-state index is 12.5. The first-order valence-corrected chi connectivity index (χ1v) is 5.48. The van der Waals surface area contributed by atoms with E-state index in [0.717, 1.165) is 12.1 Å². The molecule has 1 aromatic heterocycles. The maximum Gasteiger partial charge on any atom is 0.416 e. The first-order chi connectivity index (χ1) is 8.86. The number of amides is 1. The molecule has 0 saturated heterocycles. The molecule has 3 nitrogen and oxygen atoms in total. The van der Waals surface area contributed by atoms with E-state index in [0.29, 0.717) is 0 Å². The number of hydrogen-bond acceptors (Lipinski definition) is 2. The standard InChI is InChI=1S/C12H7ClF3NO2/c13-10-5-4-9(19-10)11(18)17-8-3-1-2-7(6-8)12(14,15)16/h1-6H,(H,17,18). The molecule has 0 aliphatic carbocycles. The first kappa shape index (κ1) is 13.5. The highest BCUT2D eigenvalue weighted by atomic mass is 35.5. The molecule has 1 heterocycles. The summed E-state index contributed by atoms with van der Waals surface area (Å²) in [6, 6.07) is 6.99. The van der Waals surface area contributed by atoms with Crippen LogP contribution in [-0.4, -0.2) is 5.91 Å². The Balaban J connectivity index is 2.18. The lowest BCUT2D eigenvalue weighted by atomic mass is 10.2. The van der Waals surface area contributed by atoms with E-state index in [2.05, 4.69) is 5.32 Å². The van der Waals surface area contributed by atoms with Crippen LogP contribution >= 0.6 is 11.6 Å². The molecule has 1 N–H and O–H groups in total. The predicted octanol–water partition coefficient (Wildman–Crippen LogP) is 4.20. The van der Waals surface area contributed by atoms with Crippen LogP contribution in [0.3, 0.4) is 0 Å². The fourth-order valence-corrected chi connectivity index (χ4v) is 1.55. The van der Waals surface area contributed by atoms with Crippen LogP contribution in [0.15, 0.2) is 40.8 Å². The average molecular weight is 290 g/mol. The van der Waals surface area contributed by atoms with Gasteiger partial charge in [0.1, 0.15) is 0 Å². The largest absolute Gasteiger partial charge is 0.440 e. The normalized spacial score (nSPS) is 11.4. The van der Waals surface area contributed by atoms with Gasteiger partial charge in [0.15, 0.2) is 11.0 Å². The highest BCUT2D eigenvalue weighted by Gasteiger charge is 2.30. The summed E-state index contributed by atoms with van der Waals surface area (Å²) in [4.78, 5) is 11.6. The van der Waals surface area contributed by atoms with Gasteiger partial charge < -0.3 is 9.73 Å². The van der Waals surface area contributed by atoms with Gasteiger partial charge in [0.05, 0.1) is 5.56 Å². The average Bonchev–Trinajstić information content (AvgIpc) is 2.75. The van der Waals surface area contributed by atoms with Gasteiger partial charge in [-0.25, -0.2) is 0 Å². The Morgan fingerprint density at radius 2 is 1.95 bits per heavy atom. The van der Waals surface area contributed by atoms with Crippen molar-refractivity contribution < 1.29 is 22.4 Å². The molecule has 0 spiro atoms. The van der Waals surface area contributed by atoms with Crippen molar-refractivity contribution in [3.8, 4) is 0 Å². The lowest BCUT2D eigenvalue weighted by molar-refractivity contribution is -0.137. The van der Waals surface area contributed by atoms with Gasteiger partial charge in [0.2, 0.25) is 0 Å². The van der Waals surface area contributed by atoms with Gasteiger partial charge in [0.25, 0.3) is 5.91 Å². The number of anilines is 1. The highest BCUT2D eigenvalue weighted by molar-refractivity contribution is 6.29. The van der Waals surface area contributed by atoms with Gasteiger partial charge in [-0.05, 0) is 41.9 Å². The number of carbonyl (C=O) groups is 1. The second kappa shape index (κ2) is 4.97. The minimum Gasteiger partial charge on any atom is -0.440 e. The summed E-state index contributed by atoms with van der Waals surface area (Å²) < 4.78 is 42.3. The van der Waals surface area contributed by atoms with Crippen LogP contribution in [0, 0.1) is 0 Å². The third-order valence-corrected chi connectivity index (χ3v) is 2.45. The van der Waals surface area contributed by atoms with Crippen molar-refractivity contribution in [1.29, 1.82) is 0 Å². The molecular formula is C12H7ClF3NO2. The number of halogens is 4. The number of benzene rings is 1. The van der Waals surface area contributed by atoms with Crippen LogP contribution in [0.25, 0.3) is 0 Å². The Labute approximate surface area is 111 Å². The van der Waals surface area contributed by atoms with E-state index in [1.165, 1.54) is 24.3 Å². The summed E-state index contributed by atoms with van der Waals surface area (Å²) in [6.45, 7) is 0. The molecule has 0 aliphatic rings. The second-order valence-corrected chi connectivity index (χ2v) is 4.01. The van der Waals surface area contributed by atoms with Crippen LogP contribution in [0.4, 0.5) is 18.9 Å². The van der Waals surface area contributed by atoms with Crippen molar-refractivity contribution in [1.82, 2.24) is 0 Å². The number of nitrogens with one attached hydrogen (secondary N) is 1. The molecule has 0 atom stereocenters. The highest BCUT2D eigenvalue weighted by Crippen LogP contribution is 2.30. The minimum atomic E-state index is -4.46. The fraction of sp³-hybridized carbons (Fsp3) is 0.0833. The molecular weight excluding hydrogens is 283 g/mol. The fourth-order valence-electron chi connectivity index (χ4n) is 1.40. The summed E-state index contributed by atoms with van der Waals surface area (Å²) in [5, 5.41) is 2.32. The van der Waals surface area contributed by atoms with E-state index < -0.39 is 17.6 Å². The quantitative estimate of drug-likeness (QED) is 0.900. The molecule has 100 valence electrons. The van der Waals surface area contributed by atoms with E-state index in [4.69, 9.17) is 16.0 Å². The lowest BCUT2D eigenvalue weighted by Gasteiger charge is -2.09. The summed E-state index contributed by atoms with van der Waals surface area (Å²) in [5.74, 6) is -0.756. The van der Waals surface area contributed by atoms with Crippen molar-refractivity contribution in [3.63, 3.8) is 0 Å². The van der Waals surface area contributed by atoms with E-state index in [1.807, 2.05) is 0 Å². The molecule has 0 bridgehead atoms. The molecule has 19 heavy (non-hydrogen) atoms. The Hall–Kier alpha value is -1.95. The second-order valence-electron chi connectivity index (χ2n) is 3.64. The lowest BCUT2D eigenvalue weighted by Crippen LogP contribution is -2.12. The predicted molar refractivity (Wildman–Crippen MR) is 63.1 cm³/mol. The molecule has 0 unspecified atom stereocenters. The topological polar surface area (TPSA) is 42.2 Å². The van der Waals surface area contributed by atoms with Crippen molar-refractivity contribution in [2.75, 3.05) is 5.32 Å². The Kier molecular flexibility index (Phi) is 3.53. The van der Waals surface area contributed by atoms with Crippen LogP contribution in [0.1, 0.15) is 16.1 Å². The van der Waals surface area contributed by atoms with Crippen LogP contribution < -0.4 is 5.32 Å². The molecule has 0 fully saturated rings. The Morgan fingerprint density at radius 3 is 2.53 bits per heavy atom. The summed E-state index contributed by atoms with van der Waals surface area (Å²) >= 11 is 5.50. The van der Waals surface area contributed by atoms with Crippen LogP contribution in [-0.2, 0) is 6.18 Å². The van der Waals surface area contributed by atoms with Crippen LogP contribution in [0.5, 0.6) is 0 Å². The third-order valence-electron chi connectivity index (χ3n) is 2.24. The maximum absolute atomic E-state index is 12.5. The van der Waals surface area contributed by atoms with Gasteiger partial charge in [-0.15, -0.1) is 0 Å². The van der Waals surface area contributed by atoms with Gasteiger partial charge in [-0.2, -0.15) is 13.2 Å². The third kappa shape index (κ3) is 3.29. The summed E-state index contributed by atoms with van der Waals surface area (Å²) in [6.07, 6.45) is -4.46. The first-order valence-electron chi connectivity index (χ1n) is 5.10. The zero-order chi connectivity index (χ0) is 14.0. The molecule has 2 rings (SSSR count). The van der Waals surface area contributed by atoms with E-state index in [1.54, 1.807) is 0 Å². The van der Waals surface area contributed by atoms with E-state index >= 15 is 0 Å². The van der Waals surface area contributed by atoms with Gasteiger partial charge >= 0.3 is 6.18 Å². The monoisotopic (exact) mass is 289 g/mol. The molecule has 7 heteroatoms. The molecule has 0 saturated carbocycles. The van der Waals surface area contributed by atoms with Crippen LogP contribution in [0.2, 0.25) is 5.22 Å². The van der Waals surface area contributed by atoms with Crippen molar-refractivity contribution >= 4 is 23.2 Å². The smallest absolute Gasteiger partial charge is 0.416 e. The molecule has 1 aromatic carbocycles. The zero-order valence-corrected chi connectivity index (χ0v) is 10.0. The van der Waals surface area contributed by atoms with Gasteiger partial charge in [-0.3, -0.25) is 4.79 Å². The van der Waals surface area contributed by atoms with Gasteiger partial charge in [0, 0.05) is 5.69 Å². The Morgan fingerprint density at radius 1 is 1.21 bits per heavy atom. The zero-order valence-electron chi connectivity index (χ0n) is 9.29. The molecule has 0 aliphatic heterocycles. The minimum absolute atomic E-state index is 0.0207. The molecule has 2 aromatic rings. The van der Waals surface area contributed by atoms with Crippen molar-refractivity contribution in [2.45, 2.75) is 6.18 Å². The number of hydrogen-bond donors (Lipinski definition) is 1. The SMILES string of the molecule is O=C(Nc1cccc(C(F)(F)F)c1)c1ccc(Cl)o1. The Bertz CT molecular complexity index is 607. The van der Waals surface area contributed by atoms with E-state index in [9.17, 15) is 18.0 Å². The number of carbonyl (C=O) groups excluding carboxylic acids is 1.